The fourth-order valence-corrected chi connectivity index (χ4v) is 4.82. The lowest BCUT2D eigenvalue weighted by molar-refractivity contribution is 0.0689. The molecule has 0 unspecified atom stereocenters. The number of fused-ring (bicyclic) bond motifs is 1. The van der Waals surface area contributed by atoms with E-state index < -0.39 is 6.09 Å². The third-order valence-corrected chi connectivity index (χ3v) is 6.71. The Morgan fingerprint density at radius 1 is 1.13 bits per heavy atom. The van der Waals surface area contributed by atoms with Crippen LogP contribution in [0.15, 0.2) is 48.7 Å². The van der Waals surface area contributed by atoms with E-state index in [1.165, 1.54) is 16.7 Å². The smallest absolute Gasteiger partial charge is 0.418 e. The summed E-state index contributed by atoms with van der Waals surface area (Å²) in [5.74, 6) is 0.304. The fourth-order valence-electron chi connectivity index (χ4n) is 4.14. The predicted molar refractivity (Wildman–Crippen MR) is 126 cm³/mol. The molecule has 2 aromatic carbocycles. The molecule has 0 bridgehead atoms. The van der Waals surface area contributed by atoms with E-state index in [4.69, 9.17) is 4.74 Å². The monoisotopic (exact) mass is 534 g/mol. The molecule has 7 heteroatoms. The molecule has 0 saturated carbocycles. The van der Waals surface area contributed by atoms with Gasteiger partial charge in [0.25, 0.3) is 5.91 Å². The number of hydrogen-bond donors (Lipinski definition) is 0. The van der Waals surface area contributed by atoms with Gasteiger partial charge in [-0.1, -0.05) is 12.1 Å². The van der Waals surface area contributed by atoms with Crippen LogP contribution >= 0.6 is 22.6 Å². The Balaban J connectivity index is 1.44. The van der Waals surface area contributed by atoms with Crippen LogP contribution in [0.5, 0.6) is 0 Å². The number of ether oxygens (including phenoxy) is 1. The van der Waals surface area contributed by atoms with Crippen LogP contribution in [-0.2, 0) is 11.2 Å². The predicted octanol–water partition coefficient (Wildman–Crippen LogP) is 5.48. The van der Waals surface area contributed by atoms with Crippen molar-refractivity contribution in [1.29, 1.82) is 0 Å². The van der Waals surface area contributed by atoms with Gasteiger partial charge in [0.05, 0.1) is 17.7 Å². The topological polar surface area (TPSA) is 51.5 Å². The summed E-state index contributed by atoms with van der Waals surface area (Å²) in [7, 11) is 0. The van der Waals surface area contributed by atoms with Crippen molar-refractivity contribution in [3.05, 3.63) is 69.2 Å². The van der Waals surface area contributed by atoms with Gasteiger partial charge in [-0.05, 0) is 90.6 Å². The minimum absolute atomic E-state index is 0.0235. The maximum absolute atomic E-state index is 13.2. The van der Waals surface area contributed by atoms with Crippen molar-refractivity contribution in [2.24, 2.45) is 5.92 Å². The van der Waals surface area contributed by atoms with E-state index >= 15 is 0 Å². The first-order valence-electron chi connectivity index (χ1n) is 10.5. The number of nitrogens with zero attached hydrogens (tertiary/aromatic N) is 2. The highest BCUT2D eigenvalue weighted by Crippen LogP contribution is 2.27. The van der Waals surface area contributed by atoms with Gasteiger partial charge in [-0.2, -0.15) is 0 Å². The number of hydrogen-bond acceptors (Lipinski definition) is 3. The molecule has 162 valence electrons. The van der Waals surface area contributed by atoms with E-state index in [0.29, 0.717) is 31.2 Å². The van der Waals surface area contributed by atoms with Crippen molar-refractivity contribution in [2.45, 2.75) is 26.2 Å². The zero-order valence-electron chi connectivity index (χ0n) is 17.3. The lowest BCUT2D eigenvalue weighted by Gasteiger charge is -2.32. The van der Waals surface area contributed by atoms with Crippen molar-refractivity contribution in [3.8, 4) is 0 Å². The van der Waals surface area contributed by atoms with E-state index in [2.05, 4.69) is 22.6 Å². The second-order valence-corrected chi connectivity index (χ2v) is 9.00. The number of rotatable bonds is 4. The standard InChI is InChI=1S/C24H24FIN2O3/c1-2-31-24(30)28-12-9-18-14-20(21(26)15-22(18)28)23(29)27-10-7-17(8-11-27)13-16-3-5-19(25)6-4-16/h3-6,9,12,14-15,17H,2,7-8,10-11,13H2,1H3. The van der Waals surface area contributed by atoms with Crippen LogP contribution in [0, 0.1) is 15.3 Å². The van der Waals surface area contributed by atoms with Crippen LogP contribution in [0.1, 0.15) is 35.7 Å². The van der Waals surface area contributed by atoms with Crippen molar-refractivity contribution in [3.63, 3.8) is 0 Å². The molecule has 0 aliphatic carbocycles. The third kappa shape index (κ3) is 4.76. The van der Waals surface area contributed by atoms with Crippen LogP contribution in [0.3, 0.4) is 0 Å². The van der Waals surface area contributed by atoms with E-state index in [9.17, 15) is 14.0 Å². The van der Waals surface area contributed by atoms with Crippen LogP contribution < -0.4 is 0 Å². The Labute approximate surface area is 194 Å². The second-order valence-electron chi connectivity index (χ2n) is 7.84. The molecule has 0 atom stereocenters. The minimum Gasteiger partial charge on any atom is -0.449 e. The molecule has 1 aliphatic heterocycles. The summed E-state index contributed by atoms with van der Waals surface area (Å²) < 4.78 is 20.5. The average Bonchev–Trinajstić information content (AvgIpc) is 3.18. The van der Waals surface area contributed by atoms with Gasteiger partial charge >= 0.3 is 6.09 Å². The Bertz CT molecular complexity index is 1100. The molecule has 0 radical (unpaired) electrons. The maximum Gasteiger partial charge on any atom is 0.418 e. The van der Waals surface area contributed by atoms with Gasteiger partial charge in [0, 0.05) is 28.2 Å². The lowest BCUT2D eigenvalue weighted by Crippen LogP contribution is -2.39. The van der Waals surface area contributed by atoms with Gasteiger partial charge < -0.3 is 9.64 Å². The molecule has 1 amide bonds. The van der Waals surface area contributed by atoms with Crippen molar-refractivity contribution >= 4 is 45.5 Å². The highest BCUT2D eigenvalue weighted by Gasteiger charge is 2.25. The van der Waals surface area contributed by atoms with Crippen LogP contribution in [-0.4, -0.2) is 41.2 Å². The fraction of sp³-hybridized carbons (Fsp3) is 0.333. The van der Waals surface area contributed by atoms with E-state index in [0.717, 1.165) is 39.3 Å². The third-order valence-electron chi connectivity index (χ3n) is 5.81. The van der Waals surface area contributed by atoms with Gasteiger partial charge in [0.15, 0.2) is 0 Å². The van der Waals surface area contributed by atoms with Crippen molar-refractivity contribution < 1.29 is 18.7 Å². The molecule has 31 heavy (non-hydrogen) atoms. The molecule has 1 fully saturated rings. The van der Waals surface area contributed by atoms with Crippen LogP contribution in [0.4, 0.5) is 9.18 Å². The summed E-state index contributed by atoms with van der Waals surface area (Å²) in [5.41, 5.74) is 2.53. The van der Waals surface area contributed by atoms with Gasteiger partial charge in [-0.25, -0.2) is 9.18 Å². The highest BCUT2D eigenvalue weighted by molar-refractivity contribution is 14.1. The number of carbonyl (C=O) groups is 2. The molecule has 1 aliphatic rings. The molecular weight excluding hydrogens is 510 g/mol. The maximum atomic E-state index is 13.2. The number of benzene rings is 2. The summed E-state index contributed by atoms with van der Waals surface area (Å²) in [4.78, 5) is 27.2. The van der Waals surface area contributed by atoms with Gasteiger partial charge in [-0.15, -0.1) is 0 Å². The number of piperidine rings is 1. The molecule has 5 nitrogen and oxygen atoms in total. The summed E-state index contributed by atoms with van der Waals surface area (Å²) in [5, 5.41) is 0.836. The molecule has 1 aromatic heterocycles. The largest absolute Gasteiger partial charge is 0.449 e. The van der Waals surface area contributed by atoms with Crippen LogP contribution in [0.25, 0.3) is 10.9 Å². The minimum atomic E-state index is -0.421. The number of aromatic nitrogens is 1. The average molecular weight is 534 g/mol. The molecule has 0 N–H and O–H groups in total. The van der Waals surface area contributed by atoms with Crippen molar-refractivity contribution in [2.75, 3.05) is 19.7 Å². The Morgan fingerprint density at radius 3 is 2.52 bits per heavy atom. The lowest BCUT2D eigenvalue weighted by atomic mass is 9.90. The highest BCUT2D eigenvalue weighted by atomic mass is 127. The van der Waals surface area contributed by atoms with E-state index in [1.807, 2.05) is 35.2 Å². The summed E-state index contributed by atoms with van der Waals surface area (Å²) >= 11 is 2.16. The number of amides is 1. The van der Waals surface area contributed by atoms with Gasteiger partial charge in [0.1, 0.15) is 5.82 Å². The Hall–Kier alpha value is -2.42. The summed E-state index contributed by atoms with van der Waals surface area (Å²) in [6.07, 6.45) is 4.03. The van der Waals surface area contributed by atoms with Crippen LogP contribution in [0.2, 0.25) is 0 Å². The summed E-state index contributed by atoms with van der Waals surface area (Å²) in [6, 6.07) is 12.2. The van der Waals surface area contributed by atoms with Crippen molar-refractivity contribution in [1.82, 2.24) is 9.47 Å². The van der Waals surface area contributed by atoms with E-state index in [-0.39, 0.29) is 11.7 Å². The molecular formula is C24H24FIN2O3. The second kappa shape index (κ2) is 9.38. The molecule has 1 saturated heterocycles. The zero-order chi connectivity index (χ0) is 22.0. The van der Waals surface area contributed by atoms with Gasteiger partial charge in [0.2, 0.25) is 0 Å². The molecule has 0 spiro atoms. The first-order valence-corrected chi connectivity index (χ1v) is 11.6. The first kappa shape index (κ1) is 21.8. The number of carbonyl (C=O) groups excluding carboxylic acids is 2. The Morgan fingerprint density at radius 2 is 1.84 bits per heavy atom. The van der Waals surface area contributed by atoms with Gasteiger partial charge in [-0.3, -0.25) is 9.36 Å². The molecule has 2 heterocycles. The Kier molecular flexibility index (Phi) is 6.60. The SMILES string of the molecule is CCOC(=O)n1ccc2cc(C(=O)N3CCC(Cc4ccc(F)cc4)CC3)c(I)cc21. The van der Waals surface area contributed by atoms with E-state index in [1.54, 1.807) is 13.1 Å². The summed E-state index contributed by atoms with van der Waals surface area (Å²) in [6.45, 7) is 3.50. The molecule has 4 rings (SSSR count). The first-order chi connectivity index (χ1) is 15.0. The number of likely N-dealkylation sites (tertiary alicyclic amines) is 1. The quantitative estimate of drug-likeness (QED) is 0.417. The molecule has 3 aromatic rings. The zero-order valence-corrected chi connectivity index (χ0v) is 19.5. The number of halogens is 2. The normalized spacial score (nSPS) is 14.7.